The minimum atomic E-state index is 0.722. The molecule has 6 heteroatoms. The number of nitrogens with one attached hydrogen (secondary N) is 1. The third kappa shape index (κ3) is 4.19. The Morgan fingerprint density at radius 2 is 1.88 bits per heavy atom. The highest BCUT2D eigenvalue weighted by Gasteiger charge is 2.16. The van der Waals surface area contributed by atoms with Gasteiger partial charge in [0.1, 0.15) is 5.82 Å². The Labute approximate surface area is 147 Å². The molecule has 0 bridgehead atoms. The van der Waals surface area contributed by atoms with Crippen LogP contribution >= 0.6 is 11.6 Å². The molecule has 1 aromatic carbocycles. The predicted molar refractivity (Wildman–Crippen MR) is 97.6 cm³/mol. The average Bonchev–Trinajstić information content (AvgIpc) is 2.63. The van der Waals surface area contributed by atoms with Crippen LogP contribution in [-0.2, 0) is 4.84 Å². The number of anilines is 1. The van der Waals surface area contributed by atoms with Crippen molar-refractivity contribution in [2.75, 3.05) is 38.2 Å². The summed E-state index contributed by atoms with van der Waals surface area (Å²) in [7, 11) is 1.61. The van der Waals surface area contributed by atoms with Crippen molar-refractivity contribution >= 4 is 23.1 Å². The molecule has 5 nitrogen and oxygen atoms in total. The number of rotatable bonds is 5. The molecule has 0 unspecified atom stereocenters. The summed E-state index contributed by atoms with van der Waals surface area (Å²) in [5.74, 6) is 1.04. The molecule has 1 N–H and O–H groups in total. The van der Waals surface area contributed by atoms with Gasteiger partial charge in [0.05, 0.1) is 12.8 Å². The molecule has 1 aliphatic heterocycles. The Bertz CT molecular complexity index is 667. The number of hydroxylamine groups is 1. The summed E-state index contributed by atoms with van der Waals surface area (Å²) in [6, 6.07) is 13.7. The summed E-state index contributed by atoms with van der Waals surface area (Å²) >= 11 is 5.97. The predicted octanol–water partition coefficient (Wildman–Crippen LogP) is 3.01. The second-order valence-corrected chi connectivity index (χ2v) is 6.00. The van der Waals surface area contributed by atoms with E-state index in [1.54, 1.807) is 7.11 Å². The van der Waals surface area contributed by atoms with Crippen molar-refractivity contribution in [3.05, 3.63) is 65.4 Å². The third-order valence-corrected chi connectivity index (χ3v) is 4.22. The molecule has 126 valence electrons. The van der Waals surface area contributed by atoms with Crippen molar-refractivity contribution in [1.29, 1.82) is 0 Å². The smallest absolute Gasteiger partial charge is 0.128 e. The Morgan fingerprint density at radius 3 is 2.50 bits per heavy atom. The quantitative estimate of drug-likeness (QED) is 0.844. The lowest BCUT2D eigenvalue weighted by molar-refractivity contribution is 0.135. The fourth-order valence-electron chi connectivity index (χ4n) is 2.70. The zero-order chi connectivity index (χ0) is 16.8. The highest BCUT2D eigenvalue weighted by molar-refractivity contribution is 6.30. The first-order valence-electron chi connectivity index (χ1n) is 7.93. The molecule has 0 radical (unpaired) electrons. The highest BCUT2D eigenvalue weighted by Crippen LogP contribution is 2.18. The molecule has 1 aliphatic rings. The Hall–Kier alpha value is -2.24. The lowest BCUT2D eigenvalue weighted by Crippen LogP contribution is -2.44. The van der Waals surface area contributed by atoms with Gasteiger partial charge >= 0.3 is 0 Å². The van der Waals surface area contributed by atoms with E-state index in [0.29, 0.717) is 0 Å². The number of piperazine rings is 1. The van der Waals surface area contributed by atoms with Gasteiger partial charge in [-0.05, 0) is 24.3 Å². The summed E-state index contributed by atoms with van der Waals surface area (Å²) in [5.41, 5.74) is 4.91. The van der Waals surface area contributed by atoms with Gasteiger partial charge in [-0.25, -0.2) is 4.98 Å². The van der Waals surface area contributed by atoms with Crippen LogP contribution in [-0.4, -0.2) is 43.2 Å². The second kappa shape index (κ2) is 8.04. The molecule has 2 heterocycles. The van der Waals surface area contributed by atoms with E-state index in [4.69, 9.17) is 16.4 Å². The molecule has 1 fully saturated rings. The first-order chi connectivity index (χ1) is 11.8. The van der Waals surface area contributed by atoms with Gasteiger partial charge in [-0.1, -0.05) is 29.8 Å². The van der Waals surface area contributed by atoms with Crippen molar-refractivity contribution in [3.63, 3.8) is 0 Å². The van der Waals surface area contributed by atoms with Crippen LogP contribution in [0, 0.1) is 0 Å². The molecule has 0 amide bonds. The Balaban J connectivity index is 1.67. The normalized spacial score (nSPS) is 15.5. The van der Waals surface area contributed by atoms with Gasteiger partial charge < -0.3 is 9.80 Å². The maximum Gasteiger partial charge on any atom is 0.128 e. The van der Waals surface area contributed by atoms with Gasteiger partial charge in [0.2, 0.25) is 0 Å². The fourth-order valence-corrected chi connectivity index (χ4v) is 2.83. The van der Waals surface area contributed by atoms with Gasteiger partial charge in [0.25, 0.3) is 0 Å². The van der Waals surface area contributed by atoms with E-state index in [0.717, 1.165) is 48.3 Å². The molecule has 0 atom stereocenters. The summed E-state index contributed by atoms with van der Waals surface area (Å²) in [6.45, 7) is 3.74. The van der Waals surface area contributed by atoms with Crippen molar-refractivity contribution < 1.29 is 4.84 Å². The largest absolute Gasteiger partial charge is 0.372 e. The standard InChI is InChI=1S/C18H21ClN4O/c1-24-21-17(15-5-7-16(19)8-6-15)14-22-10-12-23(13-11-22)18-4-2-3-9-20-18/h2-9,14,21H,10-13H2,1H3. The van der Waals surface area contributed by atoms with Crippen LogP contribution < -0.4 is 10.4 Å². The van der Waals surface area contributed by atoms with Crippen LogP contribution in [0.5, 0.6) is 0 Å². The molecule has 1 aromatic heterocycles. The molecule has 0 aliphatic carbocycles. The van der Waals surface area contributed by atoms with Gasteiger partial charge in [-0.2, -0.15) is 0 Å². The van der Waals surface area contributed by atoms with Gasteiger partial charge in [-0.3, -0.25) is 10.3 Å². The fraction of sp³-hybridized carbons (Fsp3) is 0.278. The zero-order valence-electron chi connectivity index (χ0n) is 13.7. The molecule has 0 spiro atoms. The monoisotopic (exact) mass is 344 g/mol. The molecule has 3 rings (SSSR count). The van der Waals surface area contributed by atoms with E-state index in [9.17, 15) is 0 Å². The lowest BCUT2D eigenvalue weighted by Gasteiger charge is -2.35. The SMILES string of the molecule is CONC(=CN1CCN(c2ccccn2)CC1)c1ccc(Cl)cc1. The van der Waals surface area contributed by atoms with Crippen molar-refractivity contribution in [2.45, 2.75) is 0 Å². The number of aromatic nitrogens is 1. The van der Waals surface area contributed by atoms with Gasteiger partial charge in [-0.15, -0.1) is 0 Å². The van der Waals surface area contributed by atoms with Crippen LogP contribution in [0.15, 0.2) is 54.9 Å². The molecule has 0 saturated carbocycles. The number of hydrogen-bond acceptors (Lipinski definition) is 5. The first-order valence-corrected chi connectivity index (χ1v) is 8.31. The second-order valence-electron chi connectivity index (χ2n) is 5.57. The molecule has 1 saturated heterocycles. The van der Waals surface area contributed by atoms with Crippen LogP contribution in [0.3, 0.4) is 0 Å². The van der Waals surface area contributed by atoms with E-state index in [-0.39, 0.29) is 0 Å². The lowest BCUT2D eigenvalue weighted by atomic mass is 10.1. The summed E-state index contributed by atoms with van der Waals surface area (Å²) in [5, 5.41) is 0.722. The van der Waals surface area contributed by atoms with Crippen LogP contribution in [0.1, 0.15) is 5.56 Å². The topological polar surface area (TPSA) is 40.6 Å². The van der Waals surface area contributed by atoms with Crippen molar-refractivity contribution in [3.8, 4) is 0 Å². The minimum Gasteiger partial charge on any atom is -0.372 e. The molecular weight excluding hydrogens is 324 g/mol. The Kier molecular flexibility index (Phi) is 5.56. The summed E-state index contributed by atoms with van der Waals surface area (Å²) in [4.78, 5) is 14.1. The van der Waals surface area contributed by atoms with Gasteiger partial charge in [0.15, 0.2) is 0 Å². The summed E-state index contributed by atoms with van der Waals surface area (Å²) < 4.78 is 0. The molecule has 2 aromatic rings. The highest BCUT2D eigenvalue weighted by atomic mass is 35.5. The number of benzene rings is 1. The van der Waals surface area contributed by atoms with E-state index in [2.05, 4.69) is 32.5 Å². The maximum absolute atomic E-state index is 5.97. The maximum atomic E-state index is 5.97. The van der Waals surface area contributed by atoms with Crippen LogP contribution in [0.4, 0.5) is 5.82 Å². The zero-order valence-corrected chi connectivity index (χ0v) is 14.4. The van der Waals surface area contributed by atoms with Crippen molar-refractivity contribution in [2.24, 2.45) is 0 Å². The van der Waals surface area contributed by atoms with E-state index in [1.165, 1.54) is 0 Å². The number of pyridine rings is 1. The molecular formula is C18H21ClN4O. The number of nitrogens with zero attached hydrogens (tertiary/aromatic N) is 3. The number of hydrogen-bond donors (Lipinski definition) is 1. The van der Waals surface area contributed by atoms with Gasteiger partial charge in [0, 0.05) is 49.2 Å². The first kappa shape index (κ1) is 16.6. The summed E-state index contributed by atoms with van der Waals surface area (Å²) in [6.07, 6.45) is 3.94. The van der Waals surface area contributed by atoms with E-state index in [1.807, 2.05) is 42.6 Å². The number of halogens is 1. The van der Waals surface area contributed by atoms with E-state index < -0.39 is 0 Å². The van der Waals surface area contributed by atoms with E-state index >= 15 is 0 Å². The van der Waals surface area contributed by atoms with Crippen LogP contribution in [0.25, 0.3) is 5.70 Å². The van der Waals surface area contributed by atoms with Crippen molar-refractivity contribution in [1.82, 2.24) is 15.4 Å². The molecule has 24 heavy (non-hydrogen) atoms. The van der Waals surface area contributed by atoms with Crippen LogP contribution in [0.2, 0.25) is 5.02 Å². The third-order valence-electron chi connectivity index (χ3n) is 3.97. The minimum absolute atomic E-state index is 0.722. The average molecular weight is 345 g/mol. The Morgan fingerprint density at radius 1 is 1.12 bits per heavy atom.